The second-order valence-electron chi connectivity index (χ2n) is 7.86. The summed E-state index contributed by atoms with van der Waals surface area (Å²) in [6.45, 7) is 4.65. The number of benzene rings is 2. The molecule has 2 rings (SSSR count). The van der Waals surface area contributed by atoms with E-state index in [-0.39, 0.29) is 13.2 Å². The summed E-state index contributed by atoms with van der Waals surface area (Å²) in [5.74, 6) is -1.15. The smallest absolute Gasteiger partial charge is 0.410 e. The molecule has 0 aliphatic heterocycles. The average molecular weight is 430 g/mol. The molecule has 1 atom stereocenters. The van der Waals surface area contributed by atoms with E-state index in [0.29, 0.717) is 19.6 Å². The van der Waals surface area contributed by atoms with Gasteiger partial charge < -0.3 is 19.3 Å². The molecule has 0 heterocycles. The van der Waals surface area contributed by atoms with Crippen molar-refractivity contribution in [2.45, 2.75) is 45.1 Å². The van der Waals surface area contributed by atoms with E-state index in [1.807, 2.05) is 74.5 Å². The first kappa shape index (κ1) is 24.4. The normalized spacial score (nSPS) is 12.2. The fourth-order valence-corrected chi connectivity index (χ4v) is 2.74. The van der Waals surface area contributed by atoms with Crippen molar-refractivity contribution in [1.82, 2.24) is 4.90 Å². The number of likely N-dealkylation sites (N-methyl/N-ethyl adjacent to an activating group) is 1. The molecule has 0 radical (unpaired) electrons. The molecule has 1 N–H and O–H groups in total. The molecule has 0 aromatic heterocycles. The van der Waals surface area contributed by atoms with E-state index in [9.17, 15) is 14.7 Å². The number of hydrogen-bond donors (Lipinski definition) is 1. The highest BCUT2D eigenvalue weighted by Gasteiger charge is 2.28. The summed E-state index contributed by atoms with van der Waals surface area (Å²) in [5.41, 5.74) is 1.47. The Morgan fingerprint density at radius 1 is 0.968 bits per heavy atom. The van der Waals surface area contributed by atoms with Gasteiger partial charge in [-0.1, -0.05) is 60.7 Å². The minimum atomic E-state index is -1.15. The maximum absolute atomic E-state index is 12.2. The summed E-state index contributed by atoms with van der Waals surface area (Å²) in [5, 5.41) is 9.49. The molecule has 2 aromatic rings. The third-order valence-corrected chi connectivity index (χ3v) is 4.84. The quantitative estimate of drug-likeness (QED) is 0.511. The van der Waals surface area contributed by atoms with Gasteiger partial charge in [0.05, 0.1) is 18.8 Å². The number of hydrogen-bond acceptors (Lipinski definition) is 5. The van der Waals surface area contributed by atoms with Crippen LogP contribution in [0.3, 0.4) is 0 Å². The molecule has 1 unspecified atom stereocenters. The van der Waals surface area contributed by atoms with Crippen LogP contribution in [0.1, 0.15) is 31.4 Å². The summed E-state index contributed by atoms with van der Waals surface area (Å²) < 4.78 is 16.7. The summed E-state index contributed by atoms with van der Waals surface area (Å²) in [4.78, 5) is 24.9. The van der Waals surface area contributed by atoms with Gasteiger partial charge in [-0.3, -0.25) is 4.90 Å². The van der Waals surface area contributed by atoms with Gasteiger partial charge in [0.2, 0.25) is 0 Å². The van der Waals surface area contributed by atoms with Gasteiger partial charge in [0.1, 0.15) is 6.61 Å². The number of carboxylic acids is 1. The maximum Gasteiger partial charge on any atom is 0.410 e. The van der Waals surface area contributed by atoms with Crippen LogP contribution in [0.5, 0.6) is 0 Å². The lowest BCUT2D eigenvalue weighted by atomic mass is 10.1. The fraction of sp³-hybridized carbons (Fsp3) is 0.417. The topological polar surface area (TPSA) is 85.3 Å². The molecule has 0 saturated heterocycles. The monoisotopic (exact) mass is 429 g/mol. The highest BCUT2D eigenvalue weighted by atomic mass is 16.6. The Bertz CT molecular complexity index is 809. The maximum atomic E-state index is 12.2. The predicted octanol–water partition coefficient (Wildman–Crippen LogP) is 4.11. The Morgan fingerprint density at radius 3 is 2.06 bits per heavy atom. The van der Waals surface area contributed by atoms with E-state index in [0.717, 1.165) is 16.0 Å². The average Bonchev–Trinajstić information content (AvgIpc) is 2.77. The van der Waals surface area contributed by atoms with Gasteiger partial charge in [-0.15, -0.1) is 0 Å². The van der Waals surface area contributed by atoms with Crippen molar-refractivity contribution in [3.05, 3.63) is 71.8 Å². The molecule has 2 aromatic carbocycles. The largest absolute Gasteiger partial charge is 0.480 e. The van der Waals surface area contributed by atoms with Gasteiger partial charge in [-0.05, 0) is 31.4 Å². The molecule has 31 heavy (non-hydrogen) atoms. The van der Waals surface area contributed by atoms with Crippen LogP contribution in [0.4, 0.5) is 4.79 Å². The predicted molar refractivity (Wildman–Crippen MR) is 117 cm³/mol. The zero-order chi connectivity index (χ0) is 22.7. The second kappa shape index (κ2) is 12.1. The minimum absolute atomic E-state index is 0.0736. The van der Waals surface area contributed by atoms with E-state index in [1.54, 1.807) is 0 Å². The van der Waals surface area contributed by atoms with E-state index >= 15 is 0 Å². The third-order valence-electron chi connectivity index (χ3n) is 4.84. The Labute approximate surface area is 183 Å². The van der Waals surface area contributed by atoms with Crippen LogP contribution < -0.4 is 0 Å². The molecule has 7 nitrogen and oxygen atoms in total. The molecule has 0 aliphatic rings. The van der Waals surface area contributed by atoms with Crippen LogP contribution in [0.25, 0.3) is 0 Å². The van der Waals surface area contributed by atoms with Crippen molar-refractivity contribution < 1.29 is 28.9 Å². The van der Waals surface area contributed by atoms with Crippen molar-refractivity contribution in [3.8, 4) is 0 Å². The number of nitrogens with zero attached hydrogens (tertiary/aromatic N) is 1. The van der Waals surface area contributed by atoms with Crippen molar-refractivity contribution in [1.29, 1.82) is 0 Å². The highest BCUT2D eigenvalue weighted by molar-refractivity contribution is 5.80. The van der Waals surface area contributed by atoms with Gasteiger partial charge >= 0.3 is 12.1 Å². The van der Waals surface area contributed by atoms with Crippen molar-refractivity contribution in [3.63, 3.8) is 0 Å². The number of ether oxygens (including phenoxy) is 3. The van der Waals surface area contributed by atoms with Crippen LogP contribution >= 0.6 is 0 Å². The molecule has 0 saturated carbocycles. The Hall–Kier alpha value is -2.90. The first-order valence-corrected chi connectivity index (χ1v) is 10.2. The van der Waals surface area contributed by atoms with Crippen LogP contribution in [0.2, 0.25) is 0 Å². The second-order valence-corrected chi connectivity index (χ2v) is 7.86. The van der Waals surface area contributed by atoms with Gasteiger partial charge in [-0.2, -0.15) is 0 Å². The Kier molecular flexibility index (Phi) is 9.49. The summed E-state index contributed by atoms with van der Waals surface area (Å²) in [6, 6.07) is 17.9. The molecule has 0 spiro atoms. The SMILES string of the molecule is CN(C(=O)OCc1ccccc1)C(COCCC(C)(C)OCc1ccccc1)C(=O)O. The van der Waals surface area contributed by atoms with Crippen LogP contribution in [-0.4, -0.2) is 54.0 Å². The third kappa shape index (κ3) is 8.78. The lowest BCUT2D eigenvalue weighted by Crippen LogP contribution is -2.45. The van der Waals surface area contributed by atoms with Crippen LogP contribution in [0.15, 0.2) is 60.7 Å². The van der Waals surface area contributed by atoms with Crippen LogP contribution in [-0.2, 0) is 32.2 Å². The standard InChI is InChI=1S/C24H31NO6/c1-24(2,31-17-20-12-8-5-9-13-20)14-15-29-18-21(22(26)27)25(3)23(28)30-16-19-10-6-4-7-11-19/h4-13,21H,14-18H2,1-3H3,(H,26,27). The summed E-state index contributed by atoms with van der Waals surface area (Å²) in [6.07, 6.45) is -0.139. The first-order valence-electron chi connectivity index (χ1n) is 10.2. The number of rotatable bonds is 12. The van der Waals surface area contributed by atoms with Gasteiger partial charge in [0.15, 0.2) is 6.04 Å². The lowest BCUT2D eigenvalue weighted by Gasteiger charge is -2.27. The summed E-state index contributed by atoms with van der Waals surface area (Å²) >= 11 is 0. The van der Waals surface area contributed by atoms with Crippen molar-refractivity contribution in [2.75, 3.05) is 20.3 Å². The Balaban J connectivity index is 1.75. The highest BCUT2D eigenvalue weighted by Crippen LogP contribution is 2.17. The fourth-order valence-electron chi connectivity index (χ4n) is 2.74. The van der Waals surface area contributed by atoms with E-state index in [1.165, 1.54) is 7.05 Å². The van der Waals surface area contributed by atoms with Gasteiger partial charge in [0.25, 0.3) is 0 Å². The molecule has 7 heteroatoms. The molecule has 168 valence electrons. The van der Waals surface area contributed by atoms with E-state index in [4.69, 9.17) is 14.2 Å². The number of carbonyl (C=O) groups is 2. The van der Waals surface area contributed by atoms with Crippen molar-refractivity contribution >= 4 is 12.1 Å². The van der Waals surface area contributed by atoms with E-state index < -0.39 is 23.7 Å². The lowest BCUT2D eigenvalue weighted by molar-refractivity contribution is -0.144. The molecule has 1 amide bonds. The van der Waals surface area contributed by atoms with E-state index in [2.05, 4.69) is 0 Å². The molecular formula is C24H31NO6. The van der Waals surface area contributed by atoms with Crippen molar-refractivity contribution in [2.24, 2.45) is 0 Å². The van der Waals surface area contributed by atoms with Gasteiger partial charge in [-0.25, -0.2) is 9.59 Å². The number of aliphatic carboxylic acids is 1. The Morgan fingerprint density at radius 2 is 1.52 bits per heavy atom. The number of carbonyl (C=O) groups excluding carboxylic acids is 1. The molecular weight excluding hydrogens is 398 g/mol. The molecule has 0 bridgehead atoms. The summed E-state index contributed by atoms with van der Waals surface area (Å²) in [7, 11) is 1.39. The number of carboxylic acid groups (broad SMARTS) is 1. The minimum Gasteiger partial charge on any atom is -0.480 e. The first-order chi connectivity index (χ1) is 14.8. The molecule has 0 aliphatic carbocycles. The zero-order valence-electron chi connectivity index (χ0n) is 18.3. The zero-order valence-corrected chi connectivity index (χ0v) is 18.3. The van der Waals surface area contributed by atoms with Gasteiger partial charge in [0, 0.05) is 13.7 Å². The number of amides is 1. The molecule has 0 fully saturated rings. The van der Waals surface area contributed by atoms with Crippen LogP contribution in [0, 0.1) is 0 Å².